The van der Waals surface area contributed by atoms with Crippen LogP contribution in [0, 0.1) is 0 Å². The second-order valence-corrected chi connectivity index (χ2v) is 5.26. The van der Waals surface area contributed by atoms with Crippen LogP contribution in [0.5, 0.6) is 5.75 Å². The summed E-state index contributed by atoms with van der Waals surface area (Å²) in [5, 5.41) is 6.38. The molecule has 130 valence electrons. The highest BCUT2D eigenvalue weighted by atomic mass is 16.5. The molecule has 2 amide bonds. The van der Waals surface area contributed by atoms with Gasteiger partial charge in [0.2, 0.25) is 0 Å². The molecule has 0 bridgehead atoms. The first-order valence-corrected chi connectivity index (χ1v) is 8.07. The number of carbonyl (C=O) groups excluding carboxylic acids is 2. The van der Waals surface area contributed by atoms with Crippen LogP contribution in [0.25, 0.3) is 0 Å². The topological polar surface area (TPSA) is 79.8 Å². The molecule has 0 fully saturated rings. The third-order valence-electron chi connectivity index (χ3n) is 3.20. The monoisotopic (exact) mass is 339 g/mol. The second kappa shape index (κ2) is 9.87. The SMILES string of the molecule is CCCOc1ccc(C(=O)NCC(=O)N/N=C\c2ccccc2)cc1. The molecule has 2 rings (SSSR count). The quantitative estimate of drug-likeness (QED) is 0.572. The molecule has 0 aliphatic heterocycles. The number of hydrazone groups is 1. The van der Waals surface area contributed by atoms with E-state index in [1.54, 1.807) is 24.3 Å². The molecule has 0 unspecified atom stereocenters. The maximum absolute atomic E-state index is 12.0. The molecular weight excluding hydrogens is 318 g/mol. The fourth-order valence-corrected chi connectivity index (χ4v) is 1.94. The minimum Gasteiger partial charge on any atom is -0.494 e. The average Bonchev–Trinajstić information content (AvgIpc) is 2.65. The van der Waals surface area contributed by atoms with Crippen molar-refractivity contribution in [2.24, 2.45) is 5.10 Å². The van der Waals surface area contributed by atoms with Crippen LogP contribution in [0.3, 0.4) is 0 Å². The number of carbonyl (C=O) groups is 2. The van der Waals surface area contributed by atoms with E-state index in [1.807, 2.05) is 37.3 Å². The van der Waals surface area contributed by atoms with Crippen molar-refractivity contribution in [2.45, 2.75) is 13.3 Å². The maximum Gasteiger partial charge on any atom is 0.259 e. The summed E-state index contributed by atoms with van der Waals surface area (Å²) >= 11 is 0. The highest BCUT2D eigenvalue weighted by molar-refractivity contribution is 5.96. The third kappa shape index (κ3) is 6.47. The molecule has 0 saturated heterocycles. The van der Waals surface area contributed by atoms with Crippen molar-refractivity contribution in [1.82, 2.24) is 10.7 Å². The van der Waals surface area contributed by atoms with Gasteiger partial charge in [-0.05, 0) is 36.2 Å². The summed E-state index contributed by atoms with van der Waals surface area (Å²) in [6.45, 7) is 2.50. The Morgan fingerprint density at radius 3 is 2.48 bits per heavy atom. The van der Waals surface area contributed by atoms with Gasteiger partial charge in [-0.1, -0.05) is 37.3 Å². The summed E-state index contributed by atoms with van der Waals surface area (Å²) in [4.78, 5) is 23.7. The van der Waals surface area contributed by atoms with Crippen LogP contribution < -0.4 is 15.5 Å². The normalized spacial score (nSPS) is 10.4. The van der Waals surface area contributed by atoms with E-state index in [9.17, 15) is 9.59 Å². The number of hydrogen-bond acceptors (Lipinski definition) is 4. The van der Waals surface area contributed by atoms with Crippen molar-refractivity contribution in [3.8, 4) is 5.75 Å². The molecule has 2 aromatic carbocycles. The summed E-state index contributed by atoms with van der Waals surface area (Å²) in [5.41, 5.74) is 3.70. The number of rotatable bonds is 8. The molecule has 0 aromatic heterocycles. The van der Waals surface area contributed by atoms with Crippen molar-refractivity contribution < 1.29 is 14.3 Å². The van der Waals surface area contributed by atoms with Crippen molar-refractivity contribution in [2.75, 3.05) is 13.2 Å². The molecule has 2 aromatic rings. The fourth-order valence-electron chi connectivity index (χ4n) is 1.94. The van der Waals surface area contributed by atoms with E-state index in [1.165, 1.54) is 6.21 Å². The summed E-state index contributed by atoms with van der Waals surface area (Å²) < 4.78 is 5.46. The molecule has 0 aliphatic carbocycles. The van der Waals surface area contributed by atoms with E-state index < -0.39 is 5.91 Å². The van der Waals surface area contributed by atoms with Crippen molar-refractivity contribution in [3.63, 3.8) is 0 Å². The molecule has 6 nitrogen and oxygen atoms in total. The minimum atomic E-state index is -0.400. The van der Waals surface area contributed by atoms with Crippen LogP contribution in [0.15, 0.2) is 59.7 Å². The van der Waals surface area contributed by atoms with Gasteiger partial charge in [-0.3, -0.25) is 9.59 Å². The Labute approximate surface area is 146 Å². The van der Waals surface area contributed by atoms with Gasteiger partial charge in [0.25, 0.3) is 11.8 Å². The molecule has 0 radical (unpaired) electrons. The van der Waals surface area contributed by atoms with Gasteiger partial charge in [0.1, 0.15) is 5.75 Å². The summed E-state index contributed by atoms with van der Waals surface area (Å²) in [5.74, 6) is -0.0148. The van der Waals surface area contributed by atoms with Gasteiger partial charge in [0, 0.05) is 5.56 Å². The molecule has 0 heterocycles. The minimum absolute atomic E-state index is 0.154. The highest BCUT2D eigenvalue weighted by Gasteiger charge is 2.07. The molecule has 0 saturated carbocycles. The Kier molecular flexibility index (Phi) is 7.18. The van der Waals surface area contributed by atoms with Crippen LogP contribution in [0.2, 0.25) is 0 Å². The standard InChI is InChI=1S/C19H21N3O3/c1-2-12-25-17-10-8-16(9-11-17)19(24)20-14-18(23)22-21-13-15-6-4-3-5-7-15/h3-11,13H,2,12,14H2,1H3,(H,20,24)(H,22,23)/b21-13-. The Balaban J connectivity index is 1.75. The predicted molar refractivity (Wildman–Crippen MR) is 96.7 cm³/mol. The molecule has 2 N–H and O–H groups in total. The molecule has 0 spiro atoms. The fraction of sp³-hybridized carbons (Fsp3) is 0.211. The largest absolute Gasteiger partial charge is 0.494 e. The summed E-state index contributed by atoms with van der Waals surface area (Å²) in [6, 6.07) is 16.2. The van der Waals surface area contributed by atoms with E-state index in [-0.39, 0.29) is 12.5 Å². The van der Waals surface area contributed by atoms with Gasteiger partial charge in [-0.25, -0.2) is 5.43 Å². The zero-order chi connectivity index (χ0) is 17.9. The van der Waals surface area contributed by atoms with Gasteiger partial charge < -0.3 is 10.1 Å². The zero-order valence-electron chi connectivity index (χ0n) is 14.1. The van der Waals surface area contributed by atoms with E-state index >= 15 is 0 Å². The lowest BCUT2D eigenvalue weighted by Gasteiger charge is -2.06. The Morgan fingerprint density at radius 1 is 1.08 bits per heavy atom. The molecule has 25 heavy (non-hydrogen) atoms. The van der Waals surface area contributed by atoms with Crippen molar-refractivity contribution >= 4 is 18.0 Å². The molecule has 0 atom stereocenters. The van der Waals surface area contributed by atoms with Gasteiger partial charge in [-0.2, -0.15) is 5.10 Å². The third-order valence-corrected chi connectivity index (χ3v) is 3.20. The lowest BCUT2D eigenvalue weighted by Crippen LogP contribution is -2.34. The average molecular weight is 339 g/mol. The van der Waals surface area contributed by atoms with E-state index in [0.717, 1.165) is 12.0 Å². The van der Waals surface area contributed by atoms with Crippen LogP contribution >= 0.6 is 0 Å². The maximum atomic E-state index is 12.0. The van der Waals surface area contributed by atoms with Crippen molar-refractivity contribution in [3.05, 3.63) is 65.7 Å². The lowest BCUT2D eigenvalue weighted by atomic mass is 10.2. The van der Waals surface area contributed by atoms with Gasteiger partial charge in [0.05, 0.1) is 19.4 Å². The number of nitrogens with one attached hydrogen (secondary N) is 2. The van der Waals surface area contributed by atoms with Crippen molar-refractivity contribution in [1.29, 1.82) is 0 Å². The Hall–Kier alpha value is -3.15. The van der Waals surface area contributed by atoms with E-state index in [0.29, 0.717) is 17.9 Å². The second-order valence-electron chi connectivity index (χ2n) is 5.26. The van der Waals surface area contributed by atoms with Crippen LogP contribution in [0.4, 0.5) is 0 Å². The van der Waals surface area contributed by atoms with E-state index in [4.69, 9.17) is 4.74 Å². The first kappa shape index (κ1) is 18.2. The number of hydrogen-bond donors (Lipinski definition) is 2. The molecule has 0 aliphatic rings. The number of amides is 2. The Bertz CT molecular complexity index is 712. The Morgan fingerprint density at radius 2 is 1.80 bits per heavy atom. The molecular formula is C19H21N3O3. The lowest BCUT2D eigenvalue weighted by molar-refractivity contribution is -0.120. The summed E-state index contributed by atoms with van der Waals surface area (Å²) in [7, 11) is 0. The number of benzene rings is 2. The van der Waals surface area contributed by atoms with Gasteiger partial charge in [0.15, 0.2) is 0 Å². The highest BCUT2D eigenvalue weighted by Crippen LogP contribution is 2.12. The van der Waals surface area contributed by atoms with Crippen LogP contribution in [0.1, 0.15) is 29.3 Å². The predicted octanol–water partition coefficient (Wildman–Crippen LogP) is 2.36. The smallest absolute Gasteiger partial charge is 0.259 e. The van der Waals surface area contributed by atoms with Gasteiger partial charge in [-0.15, -0.1) is 0 Å². The number of ether oxygens (including phenoxy) is 1. The number of nitrogens with zero attached hydrogens (tertiary/aromatic N) is 1. The first-order chi connectivity index (χ1) is 12.2. The van der Waals surface area contributed by atoms with Crippen LogP contribution in [-0.4, -0.2) is 31.2 Å². The van der Waals surface area contributed by atoms with Crippen LogP contribution in [-0.2, 0) is 4.79 Å². The first-order valence-electron chi connectivity index (χ1n) is 8.07. The van der Waals surface area contributed by atoms with E-state index in [2.05, 4.69) is 15.8 Å². The van der Waals surface area contributed by atoms with Gasteiger partial charge >= 0.3 is 0 Å². The zero-order valence-corrected chi connectivity index (χ0v) is 14.1. The summed E-state index contributed by atoms with van der Waals surface area (Å²) in [6.07, 6.45) is 2.46. The molecule has 6 heteroatoms.